The number of piperidine rings is 1. The Kier molecular flexibility index (Phi) is 9.42. The fourth-order valence-corrected chi connectivity index (χ4v) is 8.31. The molecule has 1 aromatic carbocycles. The number of nitrogens with one attached hydrogen (secondary N) is 1. The van der Waals surface area contributed by atoms with Crippen LogP contribution in [0.25, 0.3) is 26.7 Å². The number of ether oxygens (including phenoxy) is 1. The number of pyridine rings is 1. The second-order valence-electron chi connectivity index (χ2n) is 14.2. The second kappa shape index (κ2) is 13.3. The lowest BCUT2D eigenvalue weighted by atomic mass is 9.89. The van der Waals surface area contributed by atoms with Crippen LogP contribution < -0.4 is 5.32 Å². The van der Waals surface area contributed by atoms with Crippen LogP contribution in [0.3, 0.4) is 0 Å². The van der Waals surface area contributed by atoms with E-state index in [0.29, 0.717) is 30.3 Å². The Morgan fingerprint density at radius 3 is 2.76 bits per heavy atom. The van der Waals surface area contributed by atoms with E-state index in [2.05, 4.69) is 79.0 Å². The van der Waals surface area contributed by atoms with Crippen LogP contribution >= 0.6 is 11.3 Å². The van der Waals surface area contributed by atoms with Gasteiger partial charge in [0, 0.05) is 45.9 Å². The number of anilines is 1. The summed E-state index contributed by atoms with van der Waals surface area (Å²) in [5.41, 5.74) is 5.82. The number of thiazole rings is 1. The number of nitrogens with zero attached hydrogens (tertiary/aromatic N) is 6. The average Bonchev–Trinajstić information content (AvgIpc) is 3.62. The molecule has 1 saturated heterocycles. The van der Waals surface area contributed by atoms with E-state index in [1.165, 1.54) is 11.1 Å². The Balaban J connectivity index is 1.21. The first kappa shape index (κ1) is 32.5. The summed E-state index contributed by atoms with van der Waals surface area (Å²) in [5.74, 6) is -0.929. The summed E-state index contributed by atoms with van der Waals surface area (Å²) in [6.45, 7) is 14.7. The molecule has 2 amide bonds. The number of benzene rings is 1. The Hall–Kier alpha value is -3.45. The van der Waals surface area contributed by atoms with Crippen molar-refractivity contribution in [1.29, 1.82) is 0 Å². The van der Waals surface area contributed by atoms with Gasteiger partial charge in [-0.2, -0.15) is 5.10 Å². The van der Waals surface area contributed by atoms with Gasteiger partial charge in [-0.3, -0.25) is 14.6 Å². The summed E-state index contributed by atoms with van der Waals surface area (Å²) in [4.78, 5) is 40.9. The van der Waals surface area contributed by atoms with Gasteiger partial charge < -0.3 is 19.9 Å². The molecule has 3 aromatic heterocycles. The highest BCUT2D eigenvalue weighted by molar-refractivity contribution is 7.19. The largest absolute Gasteiger partial charge is 0.360 e. The number of likely N-dealkylation sites (tertiary alicyclic amines) is 1. The Morgan fingerprint density at radius 2 is 1.98 bits per heavy atom. The molecular formula is C34H45N7O3SSi. The molecule has 12 heteroatoms. The van der Waals surface area contributed by atoms with E-state index in [-0.39, 0.29) is 12.8 Å². The van der Waals surface area contributed by atoms with Crippen molar-refractivity contribution >= 4 is 63.6 Å². The third kappa shape index (κ3) is 7.09. The number of hydrogen-bond donors (Lipinski definition) is 1. The van der Waals surface area contributed by atoms with Crippen molar-refractivity contribution in [3.05, 3.63) is 52.9 Å². The van der Waals surface area contributed by atoms with Crippen molar-refractivity contribution in [2.75, 3.05) is 38.6 Å². The van der Waals surface area contributed by atoms with Gasteiger partial charge >= 0.3 is 11.8 Å². The molecule has 10 nitrogen and oxygen atoms in total. The zero-order valence-electron chi connectivity index (χ0n) is 27.8. The van der Waals surface area contributed by atoms with E-state index >= 15 is 0 Å². The van der Waals surface area contributed by atoms with E-state index in [9.17, 15) is 9.59 Å². The number of carbonyl (C=O) groups excluding carboxylic acids is 2. The maximum Gasteiger partial charge on any atom is 0.314 e. The molecule has 5 heterocycles. The molecule has 2 aliphatic heterocycles. The molecule has 244 valence electrons. The minimum absolute atomic E-state index is 0.201. The molecule has 2 aliphatic rings. The topological polar surface area (TPSA) is 105 Å². The van der Waals surface area contributed by atoms with Crippen LogP contribution in [0.2, 0.25) is 25.7 Å². The van der Waals surface area contributed by atoms with E-state index in [1.807, 2.05) is 0 Å². The predicted octanol–water partition coefficient (Wildman–Crippen LogP) is 6.40. The normalized spacial score (nSPS) is 19.7. The van der Waals surface area contributed by atoms with Crippen molar-refractivity contribution in [2.24, 2.45) is 5.92 Å². The van der Waals surface area contributed by atoms with E-state index in [1.54, 1.807) is 39.5 Å². The number of hydrogen-bond acceptors (Lipinski definition) is 8. The Bertz CT molecular complexity index is 1790. The highest BCUT2D eigenvalue weighted by Crippen LogP contribution is 2.38. The molecule has 0 bridgehead atoms. The summed E-state index contributed by atoms with van der Waals surface area (Å²) in [6.07, 6.45) is 7.75. The second-order valence-corrected chi connectivity index (χ2v) is 20.9. The highest BCUT2D eigenvalue weighted by atomic mass is 32.1. The van der Waals surface area contributed by atoms with Gasteiger partial charge in [0.1, 0.15) is 11.7 Å². The molecule has 0 unspecified atom stereocenters. The van der Waals surface area contributed by atoms with Crippen LogP contribution in [0.4, 0.5) is 5.69 Å². The first-order valence-corrected chi connectivity index (χ1v) is 20.8. The van der Waals surface area contributed by atoms with Gasteiger partial charge in [-0.15, -0.1) is 11.3 Å². The molecule has 0 spiro atoms. The first-order valence-electron chi connectivity index (χ1n) is 16.2. The van der Waals surface area contributed by atoms with Crippen molar-refractivity contribution in [3.8, 4) is 0 Å². The molecule has 1 N–H and O–H groups in total. The fourth-order valence-electron chi connectivity index (χ4n) is 6.46. The summed E-state index contributed by atoms with van der Waals surface area (Å²) in [7, 11) is 0.929. The Labute approximate surface area is 275 Å². The summed E-state index contributed by atoms with van der Waals surface area (Å²) in [5, 5.41) is 9.19. The smallest absolute Gasteiger partial charge is 0.314 e. The molecule has 1 fully saturated rings. The van der Waals surface area contributed by atoms with Gasteiger partial charge in [0.2, 0.25) is 0 Å². The minimum Gasteiger partial charge on any atom is -0.360 e. The number of fused-ring (bicyclic) bond motifs is 2. The number of rotatable bonds is 8. The predicted molar refractivity (Wildman–Crippen MR) is 187 cm³/mol. The van der Waals surface area contributed by atoms with E-state index in [4.69, 9.17) is 9.72 Å². The summed E-state index contributed by atoms with van der Waals surface area (Å²) in [6, 6.07) is 7.19. The molecular weight excluding hydrogens is 615 g/mol. The lowest BCUT2D eigenvalue weighted by Crippen LogP contribution is -2.46. The van der Waals surface area contributed by atoms with Crippen LogP contribution in [0.5, 0.6) is 0 Å². The van der Waals surface area contributed by atoms with Gasteiger partial charge in [-0.05, 0) is 68.5 Å². The lowest BCUT2D eigenvalue weighted by molar-refractivity contribution is -0.146. The van der Waals surface area contributed by atoms with Gasteiger partial charge in [0.25, 0.3) is 0 Å². The zero-order chi connectivity index (χ0) is 32.6. The lowest BCUT2D eigenvalue weighted by Gasteiger charge is -2.38. The monoisotopic (exact) mass is 659 g/mol. The fraction of sp³-hybridized carbons (Fsp3) is 0.500. The maximum absolute atomic E-state index is 13.9. The van der Waals surface area contributed by atoms with E-state index < -0.39 is 19.9 Å². The van der Waals surface area contributed by atoms with Crippen LogP contribution in [-0.4, -0.2) is 82.7 Å². The molecule has 2 atom stereocenters. The molecule has 46 heavy (non-hydrogen) atoms. The van der Waals surface area contributed by atoms with Crippen LogP contribution in [0.1, 0.15) is 49.7 Å². The number of carbonyl (C=O) groups is 2. The molecule has 6 rings (SSSR count). The summed E-state index contributed by atoms with van der Waals surface area (Å²) >= 11 is 1.74. The van der Waals surface area contributed by atoms with Crippen LogP contribution in [0, 0.1) is 5.92 Å². The van der Waals surface area contributed by atoms with Gasteiger partial charge in [0.15, 0.2) is 0 Å². The van der Waals surface area contributed by atoms with E-state index in [0.717, 1.165) is 64.6 Å². The van der Waals surface area contributed by atoms with Gasteiger partial charge in [-0.1, -0.05) is 38.2 Å². The quantitative estimate of drug-likeness (QED) is 0.133. The SMILES string of the molecule is CC1=C(c2nc3cc([C@H]4CC[C@H](C)CN4C(=O)C(=O)Nc4cncc5cnn(COCC[Si](C)(C)C)c45)ccc3s2)CCN(C)C1. The standard InChI is InChI=1S/C34H45N7O3SSi/c1-22-7-9-29(24-8-10-30-27(15-24)38-33(45-30)26-11-12-39(3)20-23(26)2)40(19-22)34(43)32(42)37-28-18-35-16-25-17-36-41(31(25)28)21-44-13-14-46(4,5)6/h8,10,15-18,22,29H,7,9,11-14,19-21H2,1-6H3,(H,37,42)/t22-,29+/m0/s1. The molecule has 0 saturated carbocycles. The van der Waals surface area contributed by atoms with Gasteiger partial charge in [-0.25, -0.2) is 9.67 Å². The third-order valence-electron chi connectivity index (χ3n) is 9.09. The average molecular weight is 660 g/mol. The van der Waals surface area contributed by atoms with Crippen molar-refractivity contribution in [3.63, 3.8) is 0 Å². The summed E-state index contributed by atoms with van der Waals surface area (Å²) < 4.78 is 8.79. The van der Waals surface area contributed by atoms with Crippen molar-refractivity contribution in [2.45, 2.75) is 71.6 Å². The molecule has 0 radical (unpaired) electrons. The van der Waals surface area contributed by atoms with Crippen molar-refractivity contribution < 1.29 is 14.3 Å². The van der Waals surface area contributed by atoms with Crippen LogP contribution in [-0.2, 0) is 21.1 Å². The van der Waals surface area contributed by atoms with Gasteiger partial charge in [0.05, 0.1) is 39.9 Å². The third-order valence-corrected chi connectivity index (χ3v) is 11.9. The number of likely N-dealkylation sites (N-methyl/N-ethyl adjacent to an activating group) is 1. The zero-order valence-corrected chi connectivity index (χ0v) is 29.6. The number of amides is 2. The highest BCUT2D eigenvalue weighted by Gasteiger charge is 2.35. The Morgan fingerprint density at radius 1 is 1.15 bits per heavy atom. The minimum atomic E-state index is -1.22. The maximum atomic E-state index is 13.9. The van der Waals surface area contributed by atoms with Crippen molar-refractivity contribution in [1.82, 2.24) is 29.5 Å². The number of aromatic nitrogens is 4. The van der Waals surface area contributed by atoms with Crippen LogP contribution in [0.15, 0.2) is 42.4 Å². The molecule has 0 aliphatic carbocycles. The first-order chi connectivity index (χ1) is 22.0. The molecule has 4 aromatic rings.